The Morgan fingerprint density at radius 3 is 2.42 bits per heavy atom. The van der Waals surface area contributed by atoms with Gasteiger partial charge in [0, 0.05) is 32.3 Å². The van der Waals surface area contributed by atoms with Crippen LogP contribution in [0.15, 0.2) is 0 Å². The Bertz CT molecular complexity index is 225. The van der Waals surface area contributed by atoms with Crippen molar-refractivity contribution >= 4 is 0 Å². The quantitative estimate of drug-likeness (QED) is 0.676. The molecule has 3 nitrogen and oxygen atoms in total. The van der Waals surface area contributed by atoms with Gasteiger partial charge < -0.3 is 15.3 Å². The van der Waals surface area contributed by atoms with Crippen LogP contribution >= 0.6 is 0 Å². The van der Waals surface area contributed by atoms with Gasteiger partial charge in [0.05, 0.1) is 0 Å². The van der Waals surface area contributed by atoms with E-state index >= 15 is 0 Å². The van der Waals surface area contributed by atoms with Crippen LogP contribution < -0.4 is 5.32 Å². The van der Waals surface area contributed by atoms with E-state index in [1.165, 1.54) is 38.6 Å². The van der Waals surface area contributed by atoms with Crippen LogP contribution in [-0.4, -0.2) is 48.8 Å². The summed E-state index contributed by atoms with van der Waals surface area (Å²) in [4.78, 5) is 2.53. The van der Waals surface area contributed by atoms with E-state index < -0.39 is 0 Å². The molecule has 0 aliphatic heterocycles. The van der Waals surface area contributed by atoms with Crippen LogP contribution in [0, 0.1) is 5.41 Å². The summed E-state index contributed by atoms with van der Waals surface area (Å²) in [6.45, 7) is 11.5. The first-order chi connectivity index (χ1) is 9.12. The molecule has 3 heteroatoms. The van der Waals surface area contributed by atoms with Gasteiger partial charge in [-0.3, -0.25) is 0 Å². The number of rotatable bonds is 9. The van der Waals surface area contributed by atoms with E-state index in [-0.39, 0.29) is 0 Å². The predicted octanol–water partition coefficient (Wildman–Crippen LogP) is 2.64. The molecular weight excluding hydrogens is 236 g/mol. The van der Waals surface area contributed by atoms with Crippen molar-refractivity contribution in [2.24, 2.45) is 5.41 Å². The van der Waals surface area contributed by atoms with Crippen molar-refractivity contribution < 1.29 is 5.11 Å². The first-order valence-corrected chi connectivity index (χ1v) is 8.18. The summed E-state index contributed by atoms with van der Waals surface area (Å²) in [5.74, 6) is 0. The predicted molar refractivity (Wildman–Crippen MR) is 82.5 cm³/mol. The molecule has 0 aromatic heterocycles. The minimum Gasteiger partial charge on any atom is -0.396 e. The minimum absolute atomic E-state index is 0.313. The lowest BCUT2D eigenvalue weighted by Crippen LogP contribution is -2.47. The molecule has 0 saturated heterocycles. The molecule has 0 amide bonds. The molecule has 1 fully saturated rings. The van der Waals surface area contributed by atoms with Gasteiger partial charge in [0.2, 0.25) is 0 Å². The first-order valence-electron chi connectivity index (χ1n) is 8.18. The molecule has 19 heavy (non-hydrogen) atoms. The number of aliphatic hydroxyl groups excluding tert-OH is 1. The topological polar surface area (TPSA) is 35.5 Å². The molecule has 0 aromatic rings. The van der Waals surface area contributed by atoms with Crippen LogP contribution in [0.1, 0.15) is 59.3 Å². The molecule has 1 saturated carbocycles. The van der Waals surface area contributed by atoms with E-state index in [4.69, 9.17) is 5.11 Å². The molecule has 1 aliphatic rings. The SMILES string of the molecule is CCN(CCCO)CC1(CNC(C)C)CCCCC1. The second-order valence-corrected chi connectivity index (χ2v) is 6.54. The van der Waals surface area contributed by atoms with Crippen LogP contribution in [0.5, 0.6) is 0 Å². The van der Waals surface area contributed by atoms with Gasteiger partial charge in [0.25, 0.3) is 0 Å². The maximum absolute atomic E-state index is 9.02. The molecule has 0 atom stereocenters. The number of aliphatic hydroxyl groups is 1. The second kappa shape index (κ2) is 8.93. The van der Waals surface area contributed by atoms with Crippen LogP contribution in [0.2, 0.25) is 0 Å². The molecule has 0 heterocycles. The number of hydrogen-bond donors (Lipinski definition) is 2. The molecule has 0 aromatic carbocycles. The zero-order valence-electron chi connectivity index (χ0n) is 13.2. The Morgan fingerprint density at radius 2 is 1.89 bits per heavy atom. The standard InChI is InChI=1S/C16H34N2O/c1-4-18(11-8-12-19)14-16(13-17-15(2)3)9-6-5-7-10-16/h15,17,19H,4-14H2,1-3H3. The third kappa shape index (κ3) is 6.24. The molecule has 1 aliphatic carbocycles. The van der Waals surface area contributed by atoms with Crippen molar-refractivity contribution in [2.75, 3.05) is 32.8 Å². The monoisotopic (exact) mass is 270 g/mol. The van der Waals surface area contributed by atoms with Gasteiger partial charge >= 0.3 is 0 Å². The summed E-state index contributed by atoms with van der Waals surface area (Å²) in [7, 11) is 0. The average molecular weight is 270 g/mol. The summed E-state index contributed by atoms with van der Waals surface area (Å²) in [6, 6.07) is 0.575. The highest BCUT2D eigenvalue weighted by Gasteiger charge is 2.33. The number of hydrogen-bond acceptors (Lipinski definition) is 3. The average Bonchev–Trinajstić information content (AvgIpc) is 2.42. The summed E-state index contributed by atoms with van der Waals surface area (Å²) in [6.07, 6.45) is 7.81. The Morgan fingerprint density at radius 1 is 1.21 bits per heavy atom. The first kappa shape index (κ1) is 16.9. The molecule has 0 radical (unpaired) electrons. The smallest absolute Gasteiger partial charge is 0.0443 e. The highest BCUT2D eigenvalue weighted by atomic mass is 16.3. The van der Waals surface area contributed by atoms with Crippen molar-refractivity contribution in [1.82, 2.24) is 10.2 Å². The molecule has 0 bridgehead atoms. The van der Waals surface area contributed by atoms with Crippen molar-refractivity contribution in [1.29, 1.82) is 0 Å². The van der Waals surface area contributed by atoms with E-state index in [1.54, 1.807) is 0 Å². The fourth-order valence-electron chi connectivity index (χ4n) is 3.23. The van der Waals surface area contributed by atoms with Gasteiger partial charge in [-0.05, 0) is 31.2 Å². The molecule has 114 valence electrons. The zero-order chi connectivity index (χ0) is 14.1. The third-order valence-electron chi connectivity index (χ3n) is 4.44. The lowest BCUT2D eigenvalue weighted by Gasteiger charge is -2.42. The van der Waals surface area contributed by atoms with Gasteiger partial charge in [0.1, 0.15) is 0 Å². The van der Waals surface area contributed by atoms with Crippen molar-refractivity contribution in [3.05, 3.63) is 0 Å². The van der Waals surface area contributed by atoms with Crippen molar-refractivity contribution in [3.8, 4) is 0 Å². The largest absolute Gasteiger partial charge is 0.396 e. The van der Waals surface area contributed by atoms with E-state index in [1.807, 2.05) is 0 Å². The minimum atomic E-state index is 0.313. The van der Waals surface area contributed by atoms with Crippen LogP contribution in [0.4, 0.5) is 0 Å². The zero-order valence-corrected chi connectivity index (χ0v) is 13.2. The Hall–Kier alpha value is -0.120. The normalized spacial score (nSPS) is 19.3. The maximum Gasteiger partial charge on any atom is 0.0443 e. The molecule has 1 rings (SSSR count). The van der Waals surface area contributed by atoms with E-state index in [9.17, 15) is 0 Å². The fourth-order valence-corrected chi connectivity index (χ4v) is 3.23. The summed E-state index contributed by atoms with van der Waals surface area (Å²) >= 11 is 0. The lowest BCUT2D eigenvalue weighted by molar-refractivity contribution is 0.0982. The maximum atomic E-state index is 9.02. The van der Waals surface area contributed by atoms with Gasteiger partial charge in [0.15, 0.2) is 0 Å². The summed E-state index contributed by atoms with van der Waals surface area (Å²) < 4.78 is 0. The van der Waals surface area contributed by atoms with E-state index in [0.717, 1.165) is 26.1 Å². The second-order valence-electron chi connectivity index (χ2n) is 6.54. The van der Waals surface area contributed by atoms with Crippen LogP contribution in [-0.2, 0) is 0 Å². The Balaban J connectivity index is 2.55. The van der Waals surface area contributed by atoms with Gasteiger partial charge in [-0.1, -0.05) is 40.0 Å². The molecule has 0 unspecified atom stereocenters. The fraction of sp³-hybridized carbons (Fsp3) is 1.00. The van der Waals surface area contributed by atoms with E-state index in [2.05, 4.69) is 31.0 Å². The number of nitrogens with zero attached hydrogens (tertiary/aromatic N) is 1. The summed E-state index contributed by atoms with van der Waals surface area (Å²) in [5, 5.41) is 12.7. The van der Waals surface area contributed by atoms with Crippen LogP contribution in [0.3, 0.4) is 0 Å². The summed E-state index contributed by atoms with van der Waals surface area (Å²) in [5.41, 5.74) is 0.466. The molecular formula is C16H34N2O. The van der Waals surface area contributed by atoms with Gasteiger partial charge in [-0.25, -0.2) is 0 Å². The van der Waals surface area contributed by atoms with Crippen molar-refractivity contribution in [3.63, 3.8) is 0 Å². The van der Waals surface area contributed by atoms with Crippen molar-refractivity contribution in [2.45, 2.75) is 65.3 Å². The van der Waals surface area contributed by atoms with Crippen LogP contribution in [0.25, 0.3) is 0 Å². The van der Waals surface area contributed by atoms with E-state index in [0.29, 0.717) is 18.1 Å². The third-order valence-corrected chi connectivity index (χ3v) is 4.44. The number of nitrogens with one attached hydrogen (secondary N) is 1. The Labute approximate surface area is 119 Å². The van der Waals surface area contributed by atoms with Gasteiger partial charge in [-0.15, -0.1) is 0 Å². The molecule has 0 spiro atoms. The van der Waals surface area contributed by atoms with Gasteiger partial charge in [-0.2, -0.15) is 0 Å². The molecule has 2 N–H and O–H groups in total. The lowest BCUT2D eigenvalue weighted by atomic mass is 9.73. The highest BCUT2D eigenvalue weighted by Crippen LogP contribution is 2.36. The highest BCUT2D eigenvalue weighted by molar-refractivity contribution is 4.88. The Kier molecular flexibility index (Phi) is 7.96.